The number of rotatable bonds is 4. The summed E-state index contributed by atoms with van der Waals surface area (Å²) in [4.78, 5) is 21.9. The first-order chi connectivity index (χ1) is 12.0. The SMILES string of the molecule is O=C(Oc1ccc([N+](=O)[O-])cc1)OC1CC2(C1)CC(C1OCCO1)C2. The minimum atomic E-state index is -0.771. The maximum Gasteiger partial charge on any atom is 0.514 e. The Kier molecular flexibility index (Phi) is 4.09. The molecule has 1 aromatic carbocycles. The molecule has 0 aromatic heterocycles. The van der Waals surface area contributed by atoms with Gasteiger partial charge in [-0.1, -0.05) is 0 Å². The number of benzene rings is 1. The van der Waals surface area contributed by atoms with Crippen LogP contribution in [0.2, 0.25) is 0 Å². The third kappa shape index (κ3) is 3.32. The second-order valence-corrected chi connectivity index (χ2v) is 7.03. The lowest BCUT2D eigenvalue weighted by molar-refractivity contribution is -0.384. The topological polar surface area (TPSA) is 97.1 Å². The van der Waals surface area contributed by atoms with Crippen LogP contribution in [0.1, 0.15) is 25.7 Å². The first-order valence-electron chi connectivity index (χ1n) is 8.39. The average molecular weight is 349 g/mol. The number of non-ortho nitro benzene ring substituents is 1. The van der Waals surface area contributed by atoms with Gasteiger partial charge in [-0.2, -0.15) is 0 Å². The van der Waals surface area contributed by atoms with Crippen molar-refractivity contribution in [2.24, 2.45) is 11.3 Å². The van der Waals surface area contributed by atoms with Crippen LogP contribution in [0, 0.1) is 21.4 Å². The summed E-state index contributed by atoms with van der Waals surface area (Å²) in [6, 6.07) is 5.31. The molecule has 1 spiro atoms. The molecule has 0 N–H and O–H groups in total. The van der Waals surface area contributed by atoms with E-state index >= 15 is 0 Å². The lowest BCUT2D eigenvalue weighted by atomic mass is 9.50. The maximum atomic E-state index is 11.8. The molecule has 134 valence electrons. The van der Waals surface area contributed by atoms with Crippen LogP contribution in [-0.4, -0.2) is 36.7 Å². The van der Waals surface area contributed by atoms with Crippen LogP contribution in [0.25, 0.3) is 0 Å². The molecule has 2 saturated carbocycles. The lowest BCUT2D eigenvalue weighted by Gasteiger charge is -2.57. The molecule has 3 fully saturated rings. The molecule has 2 aliphatic carbocycles. The van der Waals surface area contributed by atoms with Crippen LogP contribution in [0.5, 0.6) is 5.75 Å². The van der Waals surface area contributed by atoms with Gasteiger partial charge in [-0.3, -0.25) is 10.1 Å². The number of nitro benzene ring substituents is 1. The number of carbonyl (C=O) groups is 1. The van der Waals surface area contributed by atoms with Crippen LogP contribution in [0.3, 0.4) is 0 Å². The van der Waals surface area contributed by atoms with Crippen molar-refractivity contribution in [3.8, 4) is 5.75 Å². The van der Waals surface area contributed by atoms with Crippen LogP contribution >= 0.6 is 0 Å². The van der Waals surface area contributed by atoms with E-state index in [1.165, 1.54) is 24.3 Å². The fraction of sp³-hybridized carbons (Fsp3) is 0.588. The van der Waals surface area contributed by atoms with Crippen molar-refractivity contribution in [2.75, 3.05) is 13.2 Å². The third-order valence-electron chi connectivity index (χ3n) is 5.26. The summed E-state index contributed by atoms with van der Waals surface area (Å²) in [6.07, 6.45) is 2.82. The van der Waals surface area contributed by atoms with Gasteiger partial charge in [0.25, 0.3) is 5.69 Å². The Hall–Kier alpha value is -2.19. The molecule has 0 atom stereocenters. The van der Waals surface area contributed by atoms with Gasteiger partial charge in [-0.25, -0.2) is 4.79 Å². The highest BCUT2D eigenvalue weighted by atomic mass is 16.7. The Morgan fingerprint density at radius 2 is 1.76 bits per heavy atom. The first-order valence-corrected chi connectivity index (χ1v) is 8.39. The van der Waals surface area contributed by atoms with E-state index in [0.717, 1.165) is 25.7 Å². The zero-order valence-corrected chi connectivity index (χ0v) is 13.6. The molecular weight excluding hydrogens is 330 g/mol. The van der Waals surface area contributed by atoms with Gasteiger partial charge in [-0.15, -0.1) is 0 Å². The van der Waals surface area contributed by atoms with Crippen molar-refractivity contribution in [1.29, 1.82) is 0 Å². The summed E-state index contributed by atoms with van der Waals surface area (Å²) in [5, 5.41) is 10.6. The van der Waals surface area contributed by atoms with E-state index in [-0.39, 0.29) is 29.2 Å². The number of carbonyl (C=O) groups excluding carboxylic acids is 1. The molecule has 1 aromatic rings. The first kappa shape index (κ1) is 16.3. The summed E-state index contributed by atoms with van der Waals surface area (Å²) in [6.45, 7) is 1.35. The third-order valence-corrected chi connectivity index (χ3v) is 5.26. The zero-order valence-electron chi connectivity index (χ0n) is 13.6. The van der Waals surface area contributed by atoms with Crippen molar-refractivity contribution < 1.29 is 28.7 Å². The predicted octanol–water partition coefficient (Wildman–Crippen LogP) is 3.04. The lowest BCUT2D eigenvalue weighted by Crippen LogP contribution is -2.54. The Bertz CT molecular complexity index is 654. The van der Waals surface area contributed by atoms with Crippen molar-refractivity contribution in [1.82, 2.24) is 0 Å². The summed E-state index contributed by atoms with van der Waals surface area (Å²) in [7, 11) is 0. The fourth-order valence-corrected chi connectivity index (χ4v) is 4.11. The fourth-order valence-electron chi connectivity index (χ4n) is 4.11. The van der Waals surface area contributed by atoms with E-state index in [2.05, 4.69) is 0 Å². The molecule has 3 aliphatic rings. The number of nitrogens with zero attached hydrogens (tertiary/aromatic N) is 1. The molecule has 0 unspecified atom stereocenters. The highest BCUT2D eigenvalue weighted by molar-refractivity contribution is 5.64. The molecule has 4 rings (SSSR count). The second-order valence-electron chi connectivity index (χ2n) is 7.03. The molecule has 0 radical (unpaired) electrons. The Morgan fingerprint density at radius 1 is 1.12 bits per heavy atom. The molecular formula is C17H19NO7. The number of nitro groups is 1. The predicted molar refractivity (Wildman–Crippen MR) is 84.1 cm³/mol. The molecule has 0 amide bonds. The quantitative estimate of drug-likeness (QED) is 0.357. The van der Waals surface area contributed by atoms with Crippen molar-refractivity contribution in [3.05, 3.63) is 34.4 Å². The number of hydrogen-bond donors (Lipinski definition) is 0. The normalized spacial score (nSPS) is 31.2. The van der Waals surface area contributed by atoms with E-state index in [1.54, 1.807) is 0 Å². The average Bonchev–Trinajstić information content (AvgIpc) is 3.02. The van der Waals surface area contributed by atoms with Gasteiger partial charge in [-0.05, 0) is 43.2 Å². The largest absolute Gasteiger partial charge is 0.514 e. The van der Waals surface area contributed by atoms with E-state index in [4.69, 9.17) is 18.9 Å². The van der Waals surface area contributed by atoms with Crippen LogP contribution < -0.4 is 4.74 Å². The van der Waals surface area contributed by atoms with Gasteiger partial charge in [0.2, 0.25) is 0 Å². The maximum absolute atomic E-state index is 11.8. The van der Waals surface area contributed by atoms with Crippen LogP contribution in [-0.2, 0) is 14.2 Å². The Labute approximate surface area is 144 Å². The van der Waals surface area contributed by atoms with E-state index < -0.39 is 11.1 Å². The molecule has 8 heteroatoms. The molecule has 8 nitrogen and oxygen atoms in total. The zero-order chi connectivity index (χ0) is 17.4. The second kappa shape index (κ2) is 6.27. The number of hydrogen-bond acceptors (Lipinski definition) is 7. The molecule has 0 bridgehead atoms. The minimum absolute atomic E-state index is 0.0577. The Morgan fingerprint density at radius 3 is 2.36 bits per heavy atom. The highest BCUT2D eigenvalue weighted by Gasteiger charge is 2.56. The van der Waals surface area contributed by atoms with Gasteiger partial charge < -0.3 is 18.9 Å². The van der Waals surface area contributed by atoms with Crippen molar-refractivity contribution >= 4 is 11.8 Å². The monoisotopic (exact) mass is 349 g/mol. The standard InChI is InChI=1S/C17H19NO7/c19-16(24-13-3-1-12(2-4-13)18(20)21)25-14-9-17(10-14)7-11(8-17)15-22-5-6-23-15/h1-4,11,14-15H,5-10H2. The van der Waals surface area contributed by atoms with Gasteiger partial charge in [0.15, 0.2) is 6.29 Å². The minimum Gasteiger partial charge on any atom is -0.431 e. The highest BCUT2D eigenvalue weighted by Crippen LogP contribution is 2.60. The van der Waals surface area contributed by atoms with Gasteiger partial charge in [0.05, 0.1) is 18.1 Å². The van der Waals surface area contributed by atoms with Gasteiger partial charge >= 0.3 is 6.16 Å². The van der Waals surface area contributed by atoms with E-state index in [0.29, 0.717) is 19.1 Å². The van der Waals surface area contributed by atoms with Crippen molar-refractivity contribution in [2.45, 2.75) is 38.1 Å². The number of ether oxygens (including phenoxy) is 4. The summed E-state index contributed by atoms with van der Waals surface area (Å²) in [5.41, 5.74) is 0.203. The van der Waals surface area contributed by atoms with Gasteiger partial charge in [0.1, 0.15) is 11.9 Å². The molecule has 25 heavy (non-hydrogen) atoms. The molecule has 1 aliphatic heterocycles. The Balaban J connectivity index is 1.19. The van der Waals surface area contributed by atoms with E-state index in [1.807, 2.05) is 0 Å². The smallest absolute Gasteiger partial charge is 0.431 e. The summed E-state index contributed by atoms with van der Waals surface area (Å²) in [5.74, 6) is 0.680. The van der Waals surface area contributed by atoms with Crippen LogP contribution in [0.4, 0.5) is 10.5 Å². The van der Waals surface area contributed by atoms with Crippen LogP contribution in [0.15, 0.2) is 24.3 Å². The summed E-state index contributed by atoms with van der Waals surface area (Å²) < 4.78 is 21.4. The van der Waals surface area contributed by atoms with Gasteiger partial charge in [0, 0.05) is 18.1 Å². The summed E-state index contributed by atoms with van der Waals surface area (Å²) >= 11 is 0. The van der Waals surface area contributed by atoms with E-state index in [9.17, 15) is 14.9 Å². The van der Waals surface area contributed by atoms with Crippen molar-refractivity contribution in [3.63, 3.8) is 0 Å². The molecule has 1 heterocycles. The molecule has 1 saturated heterocycles.